The number of ketones is 1. The number of Topliss-reactive ketones (excluding diaryl/α,β-unsaturated/α-hetero) is 1. The monoisotopic (exact) mass is 396 g/mol. The van der Waals surface area contributed by atoms with Crippen LogP contribution in [0.1, 0.15) is 26.9 Å². The van der Waals surface area contributed by atoms with Crippen molar-refractivity contribution in [2.45, 2.75) is 12.0 Å². The lowest BCUT2D eigenvalue weighted by atomic mass is 9.89. The van der Waals surface area contributed by atoms with Crippen LogP contribution in [-0.4, -0.2) is 12.4 Å². The highest BCUT2D eigenvalue weighted by molar-refractivity contribution is 6.23. The van der Waals surface area contributed by atoms with Gasteiger partial charge in [-0.15, -0.1) is 11.6 Å². The minimum atomic E-state index is -0.532. The summed E-state index contributed by atoms with van der Waals surface area (Å²) >= 11 is 6.60. The summed E-state index contributed by atoms with van der Waals surface area (Å²) in [5.41, 5.74) is 2.24. The van der Waals surface area contributed by atoms with Crippen molar-refractivity contribution < 1.29 is 18.7 Å². The third-order valence-corrected chi connectivity index (χ3v) is 5.31. The lowest BCUT2D eigenvalue weighted by molar-refractivity contribution is 0.0849. The molecule has 1 heterocycles. The average Bonchev–Trinajstić information content (AvgIpc) is 2.73. The molecule has 1 aliphatic rings. The molecule has 0 saturated carbocycles. The molecule has 0 N–H and O–H groups in total. The van der Waals surface area contributed by atoms with Gasteiger partial charge in [0.25, 0.3) is 0 Å². The molecule has 0 amide bonds. The molecule has 0 saturated heterocycles. The molecular weight excluding hydrogens is 379 g/mol. The van der Waals surface area contributed by atoms with Crippen LogP contribution in [0.25, 0.3) is 0 Å². The molecule has 2 unspecified atom stereocenters. The minimum Gasteiger partial charge on any atom is -0.492 e. The quantitative estimate of drug-likeness (QED) is 0.417. The molecule has 0 fully saturated rings. The van der Waals surface area contributed by atoms with Crippen molar-refractivity contribution in [2.24, 2.45) is 5.92 Å². The van der Waals surface area contributed by atoms with E-state index in [2.05, 4.69) is 0 Å². The van der Waals surface area contributed by atoms with Gasteiger partial charge in [-0.1, -0.05) is 36.4 Å². The zero-order chi connectivity index (χ0) is 19.5. The van der Waals surface area contributed by atoms with Crippen molar-refractivity contribution in [3.05, 3.63) is 95.3 Å². The standard InChI is InChI=1S/C23H18ClFO3/c24-22-19-11-10-18(27-13-15-4-2-1-3-5-15)12-21(19)28-14-20(22)23(26)16-6-8-17(25)9-7-16/h1-12,20,22H,13-14H2. The number of hydrogen-bond acceptors (Lipinski definition) is 3. The maximum absolute atomic E-state index is 13.1. The smallest absolute Gasteiger partial charge is 0.171 e. The number of halogens is 2. The Bertz CT molecular complexity index is 973. The molecule has 4 rings (SSSR count). The van der Waals surface area contributed by atoms with Crippen LogP contribution in [0, 0.1) is 11.7 Å². The van der Waals surface area contributed by atoms with Crippen LogP contribution in [0.2, 0.25) is 0 Å². The van der Waals surface area contributed by atoms with E-state index < -0.39 is 11.3 Å². The topological polar surface area (TPSA) is 35.5 Å². The normalized spacial score (nSPS) is 18.1. The Morgan fingerprint density at radius 1 is 1.07 bits per heavy atom. The molecule has 3 aromatic rings. The lowest BCUT2D eigenvalue weighted by Gasteiger charge is -2.29. The third kappa shape index (κ3) is 3.87. The number of rotatable bonds is 5. The molecule has 3 aromatic carbocycles. The summed E-state index contributed by atoms with van der Waals surface area (Å²) in [6, 6.07) is 20.8. The molecule has 28 heavy (non-hydrogen) atoms. The van der Waals surface area contributed by atoms with Gasteiger partial charge in [-0.2, -0.15) is 0 Å². The SMILES string of the molecule is O=C(c1ccc(F)cc1)C1COc2cc(OCc3ccccc3)ccc2C1Cl. The Balaban J connectivity index is 1.48. The summed E-state index contributed by atoms with van der Waals surface area (Å²) in [4.78, 5) is 12.7. The molecule has 0 bridgehead atoms. The number of carbonyl (C=O) groups excluding carboxylic acids is 1. The fourth-order valence-electron chi connectivity index (χ4n) is 3.22. The number of carbonyl (C=O) groups is 1. The second-order valence-corrected chi connectivity index (χ2v) is 7.13. The molecule has 0 aromatic heterocycles. The summed E-state index contributed by atoms with van der Waals surface area (Å²) in [7, 11) is 0. The Hall–Kier alpha value is -2.85. The molecule has 0 radical (unpaired) electrons. The highest BCUT2D eigenvalue weighted by atomic mass is 35.5. The van der Waals surface area contributed by atoms with Crippen LogP contribution in [0.4, 0.5) is 4.39 Å². The summed E-state index contributed by atoms with van der Waals surface area (Å²) in [5, 5.41) is -0.524. The number of hydrogen-bond donors (Lipinski definition) is 0. The average molecular weight is 397 g/mol. The molecule has 2 atom stereocenters. The van der Waals surface area contributed by atoms with Gasteiger partial charge in [-0.25, -0.2) is 4.39 Å². The van der Waals surface area contributed by atoms with Crippen LogP contribution < -0.4 is 9.47 Å². The first kappa shape index (κ1) is 18.5. The molecule has 3 nitrogen and oxygen atoms in total. The van der Waals surface area contributed by atoms with Crippen molar-refractivity contribution in [3.8, 4) is 11.5 Å². The largest absolute Gasteiger partial charge is 0.492 e. The third-order valence-electron chi connectivity index (χ3n) is 4.77. The number of ether oxygens (including phenoxy) is 2. The van der Waals surface area contributed by atoms with Gasteiger partial charge in [-0.3, -0.25) is 4.79 Å². The second-order valence-electron chi connectivity index (χ2n) is 6.66. The van der Waals surface area contributed by atoms with E-state index in [1.54, 1.807) is 6.07 Å². The summed E-state index contributed by atoms with van der Waals surface area (Å²) in [6.45, 7) is 0.620. The maximum atomic E-state index is 13.1. The van der Waals surface area contributed by atoms with E-state index in [0.29, 0.717) is 23.7 Å². The zero-order valence-corrected chi connectivity index (χ0v) is 15.7. The van der Waals surface area contributed by atoms with Gasteiger partial charge in [0.05, 0.1) is 11.3 Å². The number of benzene rings is 3. The van der Waals surface area contributed by atoms with Gasteiger partial charge in [0, 0.05) is 17.2 Å². The highest BCUT2D eigenvalue weighted by Crippen LogP contribution is 2.42. The van der Waals surface area contributed by atoms with Gasteiger partial charge >= 0.3 is 0 Å². The molecular formula is C23H18ClFO3. The predicted molar refractivity (Wildman–Crippen MR) is 106 cm³/mol. The first-order valence-electron chi connectivity index (χ1n) is 8.99. The Labute approximate surface area is 167 Å². The Morgan fingerprint density at radius 2 is 1.82 bits per heavy atom. The lowest BCUT2D eigenvalue weighted by Crippen LogP contribution is -2.30. The molecule has 1 aliphatic heterocycles. The molecule has 0 aliphatic carbocycles. The van der Waals surface area contributed by atoms with Crippen molar-refractivity contribution in [1.82, 2.24) is 0 Å². The van der Waals surface area contributed by atoms with E-state index in [-0.39, 0.29) is 18.2 Å². The van der Waals surface area contributed by atoms with Crippen molar-refractivity contribution in [2.75, 3.05) is 6.61 Å². The van der Waals surface area contributed by atoms with Gasteiger partial charge < -0.3 is 9.47 Å². The van der Waals surface area contributed by atoms with E-state index in [1.165, 1.54) is 24.3 Å². The first-order chi connectivity index (χ1) is 13.6. The van der Waals surface area contributed by atoms with Crippen LogP contribution in [-0.2, 0) is 6.61 Å². The maximum Gasteiger partial charge on any atom is 0.171 e. The highest BCUT2D eigenvalue weighted by Gasteiger charge is 2.35. The Kier molecular flexibility index (Phi) is 5.31. The number of alkyl halides is 1. The van der Waals surface area contributed by atoms with Crippen molar-refractivity contribution in [3.63, 3.8) is 0 Å². The summed E-state index contributed by atoms with van der Waals surface area (Å²) in [5.74, 6) is 0.224. The number of fused-ring (bicyclic) bond motifs is 1. The Morgan fingerprint density at radius 3 is 2.57 bits per heavy atom. The van der Waals surface area contributed by atoms with Gasteiger partial charge in [0.2, 0.25) is 0 Å². The first-order valence-corrected chi connectivity index (χ1v) is 9.43. The van der Waals surface area contributed by atoms with Crippen LogP contribution in [0.5, 0.6) is 11.5 Å². The van der Waals surface area contributed by atoms with E-state index >= 15 is 0 Å². The molecule has 0 spiro atoms. The second kappa shape index (κ2) is 8.03. The van der Waals surface area contributed by atoms with Crippen molar-refractivity contribution in [1.29, 1.82) is 0 Å². The van der Waals surface area contributed by atoms with Gasteiger partial charge in [-0.05, 0) is 35.9 Å². The van der Waals surface area contributed by atoms with Crippen molar-refractivity contribution >= 4 is 17.4 Å². The van der Waals surface area contributed by atoms with Gasteiger partial charge in [0.15, 0.2) is 5.78 Å². The predicted octanol–water partition coefficient (Wildman–Crippen LogP) is 5.58. The van der Waals surface area contributed by atoms with Crippen LogP contribution >= 0.6 is 11.6 Å². The van der Waals surface area contributed by atoms with Gasteiger partial charge in [0.1, 0.15) is 30.5 Å². The van der Waals surface area contributed by atoms with E-state index in [1.807, 2.05) is 42.5 Å². The summed E-state index contributed by atoms with van der Waals surface area (Å²) < 4.78 is 24.7. The minimum absolute atomic E-state index is 0.157. The van der Waals surface area contributed by atoms with E-state index in [4.69, 9.17) is 21.1 Å². The van der Waals surface area contributed by atoms with Crippen LogP contribution in [0.15, 0.2) is 72.8 Å². The van der Waals surface area contributed by atoms with E-state index in [0.717, 1.165) is 11.1 Å². The molecule has 142 valence electrons. The zero-order valence-electron chi connectivity index (χ0n) is 15.0. The molecule has 5 heteroatoms. The fourth-order valence-corrected chi connectivity index (χ4v) is 3.58. The summed E-state index contributed by atoms with van der Waals surface area (Å²) in [6.07, 6.45) is 0. The van der Waals surface area contributed by atoms with Crippen LogP contribution in [0.3, 0.4) is 0 Å². The fraction of sp³-hybridized carbons (Fsp3) is 0.174. The van der Waals surface area contributed by atoms with E-state index in [9.17, 15) is 9.18 Å².